The minimum absolute atomic E-state index is 0.0636. The highest BCUT2D eigenvalue weighted by atomic mass is 16.5. The summed E-state index contributed by atoms with van der Waals surface area (Å²) in [4.78, 5) is 4.24. The van der Waals surface area contributed by atoms with Crippen LogP contribution in [-0.4, -0.2) is 14.8 Å². The average Bonchev–Trinajstić information content (AvgIpc) is 2.78. The van der Waals surface area contributed by atoms with Crippen LogP contribution in [0.15, 0.2) is 30.7 Å². The Hall–Kier alpha value is -1.88. The molecule has 0 fully saturated rings. The molecule has 96 valence electrons. The first-order chi connectivity index (χ1) is 8.69. The van der Waals surface area contributed by atoms with Gasteiger partial charge in [-0.2, -0.15) is 5.10 Å². The Balaban J connectivity index is 2.03. The second kappa shape index (κ2) is 5.64. The van der Waals surface area contributed by atoms with Gasteiger partial charge in [0.25, 0.3) is 0 Å². The first-order valence-electron chi connectivity index (χ1n) is 6.11. The van der Waals surface area contributed by atoms with E-state index < -0.39 is 0 Å². The lowest BCUT2D eigenvalue weighted by Crippen LogP contribution is -2.06. The molecule has 18 heavy (non-hydrogen) atoms. The number of aryl methyl sites for hydroxylation is 1. The van der Waals surface area contributed by atoms with E-state index in [1.165, 1.54) is 0 Å². The molecular formula is C13H18N4O. The van der Waals surface area contributed by atoms with E-state index in [0.29, 0.717) is 5.75 Å². The zero-order valence-electron chi connectivity index (χ0n) is 10.7. The Morgan fingerprint density at radius 2 is 2.17 bits per heavy atom. The van der Waals surface area contributed by atoms with E-state index in [-0.39, 0.29) is 6.04 Å². The third kappa shape index (κ3) is 3.07. The average molecular weight is 246 g/mol. The molecule has 0 aromatic carbocycles. The Bertz CT molecular complexity index is 490. The standard InChI is InChI=1S/C13H18N4O/c1-3-6-17-9-12(8-16-17)18-11-4-5-13(10(2)14)15-7-11/h4-5,7-10H,3,6,14H2,1-2H3/t10-/m0/s1. The fraction of sp³-hybridized carbons (Fsp3) is 0.385. The van der Waals surface area contributed by atoms with E-state index >= 15 is 0 Å². The molecule has 2 heterocycles. The fourth-order valence-corrected chi connectivity index (χ4v) is 1.61. The van der Waals surface area contributed by atoms with Gasteiger partial charge < -0.3 is 10.5 Å². The molecule has 0 saturated heterocycles. The van der Waals surface area contributed by atoms with Crippen LogP contribution in [0.25, 0.3) is 0 Å². The third-order valence-electron chi connectivity index (χ3n) is 2.52. The topological polar surface area (TPSA) is 66.0 Å². The van der Waals surface area contributed by atoms with Crippen molar-refractivity contribution in [3.63, 3.8) is 0 Å². The number of ether oxygens (including phenoxy) is 1. The van der Waals surface area contributed by atoms with E-state index in [0.717, 1.165) is 24.4 Å². The Morgan fingerprint density at radius 1 is 1.33 bits per heavy atom. The molecule has 2 rings (SSSR count). The molecule has 0 unspecified atom stereocenters. The van der Waals surface area contributed by atoms with E-state index in [4.69, 9.17) is 10.5 Å². The molecule has 0 saturated carbocycles. The van der Waals surface area contributed by atoms with Crippen molar-refractivity contribution in [2.45, 2.75) is 32.9 Å². The van der Waals surface area contributed by atoms with Crippen LogP contribution in [-0.2, 0) is 6.54 Å². The van der Waals surface area contributed by atoms with E-state index in [1.54, 1.807) is 12.4 Å². The van der Waals surface area contributed by atoms with Gasteiger partial charge in [-0.15, -0.1) is 0 Å². The minimum Gasteiger partial charge on any atom is -0.452 e. The zero-order chi connectivity index (χ0) is 13.0. The van der Waals surface area contributed by atoms with Crippen molar-refractivity contribution in [2.24, 2.45) is 5.73 Å². The molecule has 0 aliphatic heterocycles. The lowest BCUT2D eigenvalue weighted by Gasteiger charge is -2.06. The Labute approximate surface area is 107 Å². The molecule has 0 radical (unpaired) electrons. The second-order valence-electron chi connectivity index (χ2n) is 4.25. The zero-order valence-corrected chi connectivity index (χ0v) is 10.7. The van der Waals surface area contributed by atoms with Crippen LogP contribution < -0.4 is 10.5 Å². The van der Waals surface area contributed by atoms with Gasteiger partial charge in [0.1, 0.15) is 5.75 Å². The third-order valence-corrected chi connectivity index (χ3v) is 2.52. The largest absolute Gasteiger partial charge is 0.452 e. The molecule has 2 N–H and O–H groups in total. The first-order valence-corrected chi connectivity index (χ1v) is 6.11. The normalized spacial score (nSPS) is 12.4. The quantitative estimate of drug-likeness (QED) is 0.880. The predicted octanol–water partition coefficient (Wildman–Crippen LogP) is 2.50. The number of hydrogen-bond acceptors (Lipinski definition) is 4. The minimum atomic E-state index is -0.0636. The molecule has 5 heteroatoms. The fourth-order valence-electron chi connectivity index (χ4n) is 1.61. The maximum atomic E-state index is 5.74. The summed E-state index contributed by atoms with van der Waals surface area (Å²) in [5.41, 5.74) is 6.59. The maximum absolute atomic E-state index is 5.74. The van der Waals surface area contributed by atoms with E-state index in [2.05, 4.69) is 17.0 Å². The highest BCUT2D eigenvalue weighted by Gasteiger charge is 2.04. The number of rotatable bonds is 5. The second-order valence-corrected chi connectivity index (χ2v) is 4.25. The summed E-state index contributed by atoms with van der Waals surface area (Å²) in [6.45, 7) is 4.90. The summed E-state index contributed by atoms with van der Waals surface area (Å²) in [6, 6.07) is 3.67. The summed E-state index contributed by atoms with van der Waals surface area (Å²) in [6.07, 6.45) is 6.31. The number of hydrogen-bond donors (Lipinski definition) is 1. The lowest BCUT2D eigenvalue weighted by atomic mass is 10.2. The molecule has 0 amide bonds. The maximum Gasteiger partial charge on any atom is 0.165 e. The number of pyridine rings is 1. The smallest absolute Gasteiger partial charge is 0.165 e. The van der Waals surface area contributed by atoms with Gasteiger partial charge in [-0.05, 0) is 25.5 Å². The van der Waals surface area contributed by atoms with Crippen molar-refractivity contribution >= 4 is 0 Å². The summed E-state index contributed by atoms with van der Waals surface area (Å²) in [5, 5.41) is 4.20. The van der Waals surface area contributed by atoms with Crippen molar-refractivity contribution in [1.82, 2.24) is 14.8 Å². The Morgan fingerprint density at radius 3 is 2.78 bits per heavy atom. The molecule has 0 spiro atoms. The molecule has 0 aliphatic rings. The summed E-state index contributed by atoms with van der Waals surface area (Å²) < 4.78 is 7.51. The molecule has 1 atom stereocenters. The van der Waals surface area contributed by atoms with Crippen molar-refractivity contribution in [2.75, 3.05) is 0 Å². The van der Waals surface area contributed by atoms with Gasteiger partial charge >= 0.3 is 0 Å². The van der Waals surface area contributed by atoms with Crippen LogP contribution in [0.4, 0.5) is 0 Å². The van der Waals surface area contributed by atoms with Crippen LogP contribution in [0.3, 0.4) is 0 Å². The van der Waals surface area contributed by atoms with Crippen LogP contribution in [0, 0.1) is 0 Å². The van der Waals surface area contributed by atoms with Gasteiger partial charge in [-0.3, -0.25) is 9.67 Å². The molecule has 2 aromatic rings. The monoisotopic (exact) mass is 246 g/mol. The summed E-state index contributed by atoms with van der Waals surface area (Å²) in [5.74, 6) is 1.41. The van der Waals surface area contributed by atoms with E-state index in [1.807, 2.05) is 29.9 Å². The highest BCUT2D eigenvalue weighted by Crippen LogP contribution is 2.20. The molecule has 5 nitrogen and oxygen atoms in total. The summed E-state index contributed by atoms with van der Waals surface area (Å²) >= 11 is 0. The van der Waals surface area contributed by atoms with E-state index in [9.17, 15) is 0 Å². The van der Waals surface area contributed by atoms with Gasteiger partial charge in [0.15, 0.2) is 5.75 Å². The molecule has 0 aliphatic carbocycles. The number of aromatic nitrogens is 3. The SMILES string of the molecule is CCCn1cc(Oc2ccc([C@H](C)N)nc2)cn1. The van der Waals surface area contributed by atoms with Crippen molar-refractivity contribution in [3.05, 3.63) is 36.4 Å². The molecule has 2 aromatic heterocycles. The lowest BCUT2D eigenvalue weighted by molar-refractivity contribution is 0.477. The van der Waals surface area contributed by atoms with Gasteiger partial charge in [-0.1, -0.05) is 6.92 Å². The van der Waals surface area contributed by atoms with Crippen molar-refractivity contribution < 1.29 is 4.74 Å². The predicted molar refractivity (Wildman–Crippen MR) is 69.4 cm³/mol. The van der Waals surface area contributed by atoms with Crippen LogP contribution in [0.2, 0.25) is 0 Å². The first kappa shape index (κ1) is 12.6. The van der Waals surface area contributed by atoms with Crippen molar-refractivity contribution in [3.8, 4) is 11.5 Å². The van der Waals surface area contributed by atoms with Gasteiger partial charge in [0.2, 0.25) is 0 Å². The Kier molecular flexibility index (Phi) is 3.94. The molecular weight excluding hydrogens is 228 g/mol. The molecule has 0 bridgehead atoms. The van der Waals surface area contributed by atoms with Gasteiger partial charge in [0.05, 0.1) is 24.3 Å². The number of nitrogens with zero attached hydrogens (tertiary/aromatic N) is 3. The van der Waals surface area contributed by atoms with Crippen LogP contribution >= 0.6 is 0 Å². The van der Waals surface area contributed by atoms with Crippen LogP contribution in [0.5, 0.6) is 11.5 Å². The summed E-state index contributed by atoms with van der Waals surface area (Å²) in [7, 11) is 0. The highest BCUT2D eigenvalue weighted by molar-refractivity contribution is 5.27. The van der Waals surface area contributed by atoms with Gasteiger partial charge in [0, 0.05) is 12.6 Å². The number of nitrogens with two attached hydrogens (primary N) is 1. The van der Waals surface area contributed by atoms with Crippen molar-refractivity contribution in [1.29, 1.82) is 0 Å². The van der Waals surface area contributed by atoms with Crippen LogP contribution in [0.1, 0.15) is 32.0 Å². The van der Waals surface area contributed by atoms with Gasteiger partial charge in [-0.25, -0.2) is 0 Å².